The van der Waals surface area contributed by atoms with Crippen LogP contribution in [0.1, 0.15) is 29.1 Å². The van der Waals surface area contributed by atoms with Crippen LogP contribution in [0.5, 0.6) is 0 Å². The van der Waals surface area contributed by atoms with Gasteiger partial charge < -0.3 is 5.32 Å². The summed E-state index contributed by atoms with van der Waals surface area (Å²) < 4.78 is 3.30. The van der Waals surface area contributed by atoms with E-state index in [1.165, 1.54) is 28.8 Å². The second-order valence-corrected chi connectivity index (χ2v) is 6.76. The van der Waals surface area contributed by atoms with Crippen LogP contribution in [0.4, 0.5) is 0 Å². The number of benzene rings is 1. The monoisotopic (exact) mass is 298 g/mol. The quantitative estimate of drug-likeness (QED) is 0.787. The standard InChI is InChI=1S/C16H18N4S/c1-11-12(8-17-13-6-7-13)9-18-20(11)10-16-19-14-4-2-3-5-15(14)21-16/h2-5,9,13,17H,6-8,10H2,1H3. The smallest absolute Gasteiger partial charge is 0.115 e. The number of hydrogen-bond donors (Lipinski definition) is 1. The summed E-state index contributed by atoms with van der Waals surface area (Å²) in [7, 11) is 0. The van der Waals surface area contributed by atoms with Gasteiger partial charge in [0.2, 0.25) is 0 Å². The third-order valence-electron chi connectivity index (χ3n) is 3.99. The highest BCUT2D eigenvalue weighted by molar-refractivity contribution is 7.18. The fourth-order valence-corrected chi connectivity index (χ4v) is 3.43. The van der Waals surface area contributed by atoms with E-state index in [-0.39, 0.29) is 0 Å². The Hall–Kier alpha value is -1.72. The fraction of sp³-hybridized carbons (Fsp3) is 0.375. The molecule has 1 aromatic carbocycles. The van der Waals surface area contributed by atoms with Gasteiger partial charge in [-0.15, -0.1) is 11.3 Å². The minimum absolute atomic E-state index is 0.733. The molecule has 0 radical (unpaired) electrons. The molecule has 1 saturated carbocycles. The van der Waals surface area contributed by atoms with Crippen molar-refractivity contribution >= 4 is 21.6 Å². The maximum Gasteiger partial charge on any atom is 0.115 e. The predicted molar refractivity (Wildman–Crippen MR) is 85.5 cm³/mol. The second-order valence-electron chi connectivity index (χ2n) is 5.64. The van der Waals surface area contributed by atoms with E-state index in [1.54, 1.807) is 11.3 Å². The average molecular weight is 298 g/mol. The zero-order valence-electron chi connectivity index (χ0n) is 12.0. The number of nitrogens with one attached hydrogen (secondary N) is 1. The van der Waals surface area contributed by atoms with Crippen molar-refractivity contribution in [2.24, 2.45) is 0 Å². The minimum Gasteiger partial charge on any atom is -0.310 e. The molecule has 108 valence electrons. The normalized spacial score (nSPS) is 14.9. The number of thiazole rings is 1. The van der Waals surface area contributed by atoms with Crippen molar-refractivity contribution in [1.29, 1.82) is 0 Å². The van der Waals surface area contributed by atoms with Crippen LogP contribution >= 0.6 is 11.3 Å². The lowest BCUT2D eigenvalue weighted by Crippen LogP contribution is -2.15. The largest absolute Gasteiger partial charge is 0.310 e. The first-order valence-electron chi connectivity index (χ1n) is 7.39. The number of aromatic nitrogens is 3. The van der Waals surface area contributed by atoms with E-state index < -0.39 is 0 Å². The fourth-order valence-electron chi connectivity index (χ4n) is 2.48. The summed E-state index contributed by atoms with van der Waals surface area (Å²) in [6.07, 6.45) is 4.62. The molecule has 3 aromatic rings. The molecule has 0 unspecified atom stereocenters. The van der Waals surface area contributed by atoms with E-state index in [1.807, 2.05) is 12.3 Å². The van der Waals surface area contributed by atoms with Crippen molar-refractivity contribution in [1.82, 2.24) is 20.1 Å². The van der Waals surface area contributed by atoms with Crippen molar-refractivity contribution < 1.29 is 0 Å². The van der Waals surface area contributed by atoms with Crippen LogP contribution in [0.3, 0.4) is 0 Å². The Morgan fingerprint density at radius 2 is 2.19 bits per heavy atom. The Bertz CT molecular complexity index is 737. The lowest BCUT2D eigenvalue weighted by molar-refractivity contribution is 0.652. The maximum atomic E-state index is 4.68. The zero-order chi connectivity index (χ0) is 14.2. The van der Waals surface area contributed by atoms with Gasteiger partial charge in [0.25, 0.3) is 0 Å². The Labute approximate surface area is 127 Å². The summed E-state index contributed by atoms with van der Waals surface area (Å²) in [6, 6.07) is 9.02. The van der Waals surface area contributed by atoms with E-state index in [2.05, 4.69) is 45.2 Å². The highest BCUT2D eigenvalue weighted by Gasteiger charge is 2.20. The summed E-state index contributed by atoms with van der Waals surface area (Å²) >= 11 is 1.75. The van der Waals surface area contributed by atoms with Crippen molar-refractivity contribution in [2.75, 3.05) is 0 Å². The predicted octanol–water partition coefficient (Wildman–Crippen LogP) is 3.10. The molecule has 2 heterocycles. The Kier molecular flexibility index (Phi) is 3.24. The lowest BCUT2D eigenvalue weighted by Gasteiger charge is -2.04. The molecule has 0 atom stereocenters. The van der Waals surface area contributed by atoms with E-state index in [0.29, 0.717) is 0 Å². The van der Waals surface area contributed by atoms with E-state index in [0.717, 1.165) is 29.7 Å². The molecule has 1 fully saturated rings. The number of para-hydroxylation sites is 1. The zero-order valence-corrected chi connectivity index (χ0v) is 12.9. The minimum atomic E-state index is 0.733. The first kappa shape index (κ1) is 13.0. The van der Waals surface area contributed by atoms with Gasteiger partial charge in [0.05, 0.1) is 23.0 Å². The van der Waals surface area contributed by atoms with Gasteiger partial charge in [0.1, 0.15) is 5.01 Å². The van der Waals surface area contributed by atoms with Crippen LogP contribution in [0.25, 0.3) is 10.2 Å². The summed E-state index contributed by atoms with van der Waals surface area (Å²) in [5, 5.41) is 9.18. The van der Waals surface area contributed by atoms with Crippen LogP contribution < -0.4 is 5.32 Å². The molecule has 1 N–H and O–H groups in total. The van der Waals surface area contributed by atoms with E-state index >= 15 is 0 Å². The lowest BCUT2D eigenvalue weighted by atomic mass is 10.2. The molecular formula is C16H18N4S. The highest BCUT2D eigenvalue weighted by Crippen LogP contribution is 2.23. The third kappa shape index (κ3) is 2.71. The molecule has 5 heteroatoms. The third-order valence-corrected chi connectivity index (χ3v) is 5.01. The Morgan fingerprint density at radius 3 is 3.00 bits per heavy atom. The molecule has 0 amide bonds. The number of rotatable bonds is 5. The molecule has 4 nitrogen and oxygen atoms in total. The Balaban J connectivity index is 1.53. The van der Waals surface area contributed by atoms with Crippen LogP contribution in [0.2, 0.25) is 0 Å². The first-order valence-corrected chi connectivity index (χ1v) is 8.20. The number of nitrogens with zero attached hydrogens (tertiary/aromatic N) is 3. The molecule has 4 rings (SSSR count). The molecule has 0 aliphatic heterocycles. The van der Waals surface area contributed by atoms with Gasteiger partial charge in [-0.2, -0.15) is 5.10 Å². The molecule has 0 saturated heterocycles. The van der Waals surface area contributed by atoms with Gasteiger partial charge in [-0.1, -0.05) is 12.1 Å². The SMILES string of the molecule is Cc1c(CNC2CC2)cnn1Cc1nc2ccccc2s1. The summed E-state index contributed by atoms with van der Waals surface area (Å²) in [6.45, 7) is 3.83. The maximum absolute atomic E-state index is 4.68. The van der Waals surface area contributed by atoms with Crippen molar-refractivity contribution in [2.45, 2.75) is 38.9 Å². The number of hydrogen-bond acceptors (Lipinski definition) is 4. The highest BCUT2D eigenvalue weighted by atomic mass is 32.1. The van der Waals surface area contributed by atoms with Crippen molar-refractivity contribution in [3.8, 4) is 0 Å². The number of fused-ring (bicyclic) bond motifs is 1. The van der Waals surface area contributed by atoms with Crippen molar-refractivity contribution in [3.05, 3.63) is 46.7 Å². The van der Waals surface area contributed by atoms with Crippen molar-refractivity contribution in [3.63, 3.8) is 0 Å². The van der Waals surface area contributed by atoms with E-state index in [9.17, 15) is 0 Å². The van der Waals surface area contributed by atoms with Gasteiger partial charge in [0, 0.05) is 23.8 Å². The molecule has 21 heavy (non-hydrogen) atoms. The first-order chi connectivity index (χ1) is 10.3. The molecular weight excluding hydrogens is 280 g/mol. The van der Waals surface area contributed by atoms with E-state index in [4.69, 9.17) is 0 Å². The topological polar surface area (TPSA) is 42.7 Å². The summed E-state index contributed by atoms with van der Waals surface area (Å²) in [4.78, 5) is 4.68. The summed E-state index contributed by atoms with van der Waals surface area (Å²) in [5.74, 6) is 0. The van der Waals surface area contributed by atoms with Crippen LogP contribution in [-0.2, 0) is 13.1 Å². The average Bonchev–Trinajstić information content (AvgIpc) is 3.14. The molecule has 1 aliphatic carbocycles. The van der Waals surface area contributed by atoms with Gasteiger partial charge in [-0.25, -0.2) is 4.98 Å². The molecule has 1 aliphatic rings. The Morgan fingerprint density at radius 1 is 1.33 bits per heavy atom. The molecule has 2 aromatic heterocycles. The molecule has 0 bridgehead atoms. The van der Waals surface area contributed by atoms with Gasteiger partial charge in [-0.05, 0) is 31.9 Å². The second kappa shape index (κ2) is 5.24. The van der Waals surface area contributed by atoms with Gasteiger partial charge in [-0.3, -0.25) is 4.68 Å². The van der Waals surface area contributed by atoms with Crippen LogP contribution in [0, 0.1) is 6.92 Å². The van der Waals surface area contributed by atoms with Crippen LogP contribution in [-0.4, -0.2) is 20.8 Å². The summed E-state index contributed by atoms with van der Waals surface area (Å²) in [5.41, 5.74) is 3.61. The van der Waals surface area contributed by atoms with Gasteiger partial charge >= 0.3 is 0 Å². The molecule has 0 spiro atoms. The van der Waals surface area contributed by atoms with Gasteiger partial charge in [0.15, 0.2) is 0 Å². The van der Waals surface area contributed by atoms with Crippen LogP contribution in [0.15, 0.2) is 30.5 Å².